The largest absolute Gasteiger partial charge is 0.480 e. The Morgan fingerprint density at radius 2 is 1.92 bits per heavy atom. The molecule has 0 aliphatic carbocycles. The van der Waals surface area contributed by atoms with Gasteiger partial charge in [-0.25, -0.2) is 4.79 Å². The van der Waals surface area contributed by atoms with Crippen LogP contribution in [0.2, 0.25) is 0 Å². The summed E-state index contributed by atoms with van der Waals surface area (Å²) in [6, 6.07) is 7.41. The van der Waals surface area contributed by atoms with Gasteiger partial charge < -0.3 is 16.2 Å². The minimum absolute atomic E-state index is 0.135. The lowest BCUT2D eigenvalue weighted by Crippen LogP contribution is -2.43. The van der Waals surface area contributed by atoms with Crippen LogP contribution in [0.25, 0.3) is 0 Å². The van der Waals surface area contributed by atoms with Crippen LogP contribution in [-0.4, -0.2) is 51.9 Å². The molecular weight excluding hydrogens is 348 g/mol. The Kier molecular flexibility index (Phi) is 9.51. The number of rotatable bonds is 10. The molecule has 24 heavy (non-hydrogen) atoms. The van der Waals surface area contributed by atoms with Gasteiger partial charge in [0.2, 0.25) is 11.0 Å². The molecule has 0 unspecified atom stereocenters. The van der Waals surface area contributed by atoms with Crippen LogP contribution in [-0.2, 0) is 20.8 Å². The Bertz CT molecular complexity index is 554. The van der Waals surface area contributed by atoms with Gasteiger partial charge in [-0.3, -0.25) is 9.59 Å². The van der Waals surface area contributed by atoms with Gasteiger partial charge >= 0.3 is 5.97 Å². The maximum Gasteiger partial charge on any atom is 0.326 e. The second-order valence-corrected chi connectivity index (χ2v) is 7.11. The molecule has 0 radical (unpaired) electrons. The molecule has 0 aliphatic rings. The Morgan fingerprint density at radius 1 is 1.25 bits per heavy atom. The van der Waals surface area contributed by atoms with Crippen molar-refractivity contribution in [2.24, 2.45) is 5.73 Å². The predicted molar refractivity (Wildman–Crippen MR) is 98.2 cm³/mol. The molecule has 0 bridgehead atoms. The average Bonchev–Trinajstić information content (AvgIpc) is 2.57. The van der Waals surface area contributed by atoms with E-state index in [0.717, 1.165) is 23.1 Å². The van der Waals surface area contributed by atoms with Crippen molar-refractivity contribution in [1.82, 2.24) is 5.32 Å². The summed E-state index contributed by atoms with van der Waals surface area (Å²) in [5.74, 6) is -0.962. The number of aliphatic carboxylic acids is 1. The second-order valence-electron chi connectivity index (χ2n) is 5.14. The highest BCUT2D eigenvalue weighted by molar-refractivity contribution is 8.14. The lowest BCUT2D eigenvalue weighted by atomic mass is 10.1. The van der Waals surface area contributed by atoms with E-state index in [1.165, 1.54) is 0 Å². The molecule has 1 aromatic rings. The van der Waals surface area contributed by atoms with Gasteiger partial charge in [0.15, 0.2) is 0 Å². The fourth-order valence-corrected chi connectivity index (χ4v) is 3.07. The molecule has 0 spiro atoms. The number of benzene rings is 1. The molecule has 0 aromatic heterocycles. The van der Waals surface area contributed by atoms with Gasteiger partial charge in [0.25, 0.3) is 0 Å². The second kappa shape index (κ2) is 11.1. The maximum atomic E-state index is 11.9. The molecule has 0 saturated carbocycles. The normalized spacial score (nSPS) is 13.1. The van der Waals surface area contributed by atoms with Crippen LogP contribution in [0.4, 0.5) is 0 Å². The summed E-state index contributed by atoms with van der Waals surface area (Å²) < 4.78 is 0. The number of carbonyl (C=O) groups is 3. The molecule has 8 heteroatoms. The van der Waals surface area contributed by atoms with Crippen LogP contribution in [0.1, 0.15) is 12.0 Å². The minimum atomic E-state index is -1.11. The molecule has 6 nitrogen and oxygen atoms in total. The van der Waals surface area contributed by atoms with Gasteiger partial charge in [-0.2, -0.15) is 11.8 Å². The molecule has 4 N–H and O–H groups in total. The monoisotopic (exact) mass is 370 g/mol. The molecule has 0 aliphatic heterocycles. The number of carbonyl (C=O) groups excluding carboxylic acids is 2. The first-order valence-electron chi connectivity index (χ1n) is 7.41. The quantitative estimate of drug-likeness (QED) is 0.566. The van der Waals surface area contributed by atoms with Gasteiger partial charge in [0, 0.05) is 6.42 Å². The van der Waals surface area contributed by atoms with E-state index in [4.69, 9.17) is 5.73 Å². The summed E-state index contributed by atoms with van der Waals surface area (Å²) in [7, 11) is 0. The topological polar surface area (TPSA) is 109 Å². The molecular formula is C16H22N2O4S2. The van der Waals surface area contributed by atoms with Crippen molar-refractivity contribution in [2.45, 2.75) is 24.9 Å². The summed E-state index contributed by atoms with van der Waals surface area (Å²) in [6.07, 6.45) is 2.67. The van der Waals surface area contributed by atoms with Gasteiger partial charge in [0.1, 0.15) is 6.04 Å². The van der Waals surface area contributed by atoms with E-state index < -0.39 is 24.0 Å². The Hall–Kier alpha value is -1.51. The van der Waals surface area contributed by atoms with E-state index in [2.05, 4.69) is 5.32 Å². The van der Waals surface area contributed by atoms with E-state index in [1.807, 2.05) is 12.3 Å². The van der Waals surface area contributed by atoms with Gasteiger partial charge in [0.05, 0.1) is 11.8 Å². The first kappa shape index (κ1) is 20.5. The number of hydrogen-bond acceptors (Lipinski definition) is 6. The summed E-state index contributed by atoms with van der Waals surface area (Å²) >= 11 is 2.42. The van der Waals surface area contributed by atoms with Crippen molar-refractivity contribution in [2.75, 3.05) is 17.8 Å². The Morgan fingerprint density at radius 3 is 2.50 bits per heavy atom. The number of amides is 1. The van der Waals surface area contributed by atoms with Crippen molar-refractivity contribution in [3.05, 3.63) is 35.9 Å². The Balaban J connectivity index is 2.45. The van der Waals surface area contributed by atoms with Gasteiger partial charge in [-0.15, -0.1) is 0 Å². The third-order valence-electron chi connectivity index (χ3n) is 3.20. The highest BCUT2D eigenvalue weighted by atomic mass is 32.2. The number of nitrogens with one attached hydrogen (secondary N) is 1. The molecule has 0 heterocycles. The lowest BCUT2D eigenvalue weighted by Gasteiger charge is -2.15. The number of hydrogen-bond donors (Lipinski definition) is 3. The zero-order chi connectivity index (χ0) is 17.9. The van der Waals surface area contributed by atoms with E-state index >= 15 is 0 Å². The minimum Gasteiger partial charge on any atom is -0.480 e. The highest BCUT2D eigenvalue weighted by Crippen LogP contribution is 2.10. The fourth-order valence-electron chi connectivity index (χ4n) is 1.89. The third-order valence-corrected chi connectivity index (χ3v) is 4.83. The van der Waals surface area contributed by atoms with Crippen LogP contribution in [0.3, 0.4) is 0 Å². The van der Waals surface area contributed by atoms with Crippen LogP contribution in [0, 0.1) is 0 Å². The summed E-state index contributed by atoms with van der Waals surface area (Å²) in [5.41, 5.74) is 6.54. The van der Waals surface area contributed by atoms with Crippen molar-refractivity contribution in [3.63, 3.8) is 0 Å². The zero-order valence-electron chi connectivity index (χ0n) is 13.4. The van der Waals surface area contributed by atoms with Gasteiger partial charge in [-0.1, -0.05) is 42.1 Å². The third kappa shape index (κ3) is 7.85. The molecule has 1 rings (SSSR count). The van der Waals surface area contributed by atoms with E-state index in [0.29, 0.717) is 6.42 Å². The average molecular weight is 370 g/mol. The SMILES string of the molecule is CSCC[C@H](N)C(=O)SCC(=O)N[C@@H](Cc1ccccc1)C(=O)O. The Labute approximate surface area is 149 Å². The molecule has 132 valence electrons. The predicted octanol–water partition coefficient (Wildman–Crippen LogP) is 1.14. The smallest absolute Gasteiger partial charge is 0.326 e. The molecule has 2 atom stereocenters. The maximum absolute atomic E-state index is 11.9. The number of carboxylic acid groups (broad SMARTS) is 1. The molecule has 1 aromatic carbocycles. The van der Waals surface area contributed by atoms with Crippen molar-refractivity contribution in [1.29, 1.82) is 0 Å². The molecule has 0 fully saturated rings. The van der Waals surface area contributed by atoms with Crippen molar-refractivity contribution >= 4 is 40.5 Å². The number of nitrogens with two attached hydrogens (primary N) is 1. The van der Waals surface area contributed by atoms with Crippen LogP contribution < -0.4 is 11.1 Å². The number of carboxylic acids is 1. The highest BCUT2D eigenvalue weighted by Gasteiger charge is 2.22. The van der Waals surface area contributed by atoms with Crippen LogP contribution in [0.5, 0.6) is 0 Å². The first-order valence-corrected chi connectivity index (χ1v) is 9.79. The first-order chi connectivity index (χ1) is 11.4. The van der Waals surface area contributed by atoms with Crippen molar-refractivity contribution < 1.29 is 19.5 Å². The van der Waals surface area contributed by atoms with E-state index in [9.17, 15) is 19.5 Å². The molecule has 0 saturated heterocycles. The summed E-state index contributed by atoms with van der Waals surface area (Å²) in [5, 5.41) is 11.4. The summed E-state index contributed by atoms with van der Waals surface area (Å²) in [6.45, 7) is 0. The van der Waals surface area contributed by atoms with Crippen LogP contribution >= 0.6 is 23.5 Å². The lowest BCUT2D eigenvalue weighted by molar-refractivity contribution is -0.141. The van der Waals surface area contributed by atoms with Crippen LogP contribution in [0.15, 0.2) is 30.3 Å². The van der Waals surface area contributed by atoms with E-state index in [-0.39, 0.29) is 17.3 Å². The number of thioether (sulfide) groups is 2. The summed E-state index contributed by atoms with van der Waals surface area (Å²) in [4.78, 5) is 35.0. The standard InChI is InChI=1S/C16H22N2O4S2/c1-23-8-7-12(17)16(22)24-10-14(19)18-13(15(20)21)9-11-5-3-2-4-6-11/h2-6,12-13H,7-10,17H2,1H3,(H,18,19)(H,20,21)/t12-,13-/m0/s1. The molecule has 1 amide bonds. The van der Waals surface area contributed by atoms with Gasteiger partial charge in [-0.05, 0) is 24.0 Å². The zero-order valence-corrected chi connectivity index (χ0v) is 15.1. The van der Waals surface area contributed by atoms with Crippen molar-refractivity contribution in [3.8, 4) is 0 Å². The fraction of sp³-hybridized carbons (Fsp3) is 0.438. The van der Waals surface area contributed by atoms with E-state index in [1.54, 1.807) is 36.0 Å².